The van der Waals surface area contributed by atoms with Crippen molar-refractivity contribution in [2.45, 2.75) is 32.9 Å². The first-order valence-electron chi connectivity index (χ1n) is 6.59. The monoisotopic (exact) mass is 261 g/mol. The van der Waals surface area contributed by atoms with Gasteiger partial charge >= 0.3 is 0 Å². The number of nitrogens with zero attached hydrogens (tertiary/aromatic N) is 2. The van der Waals surface area contributed by atoms with Crippen molar-refractivity contribution in [1.82, 2.24) is 15.2 Å². The Morgan fingerprint density at radius 2 is 2.32 bits per heavy atom. The van der Waals surface area contributed by atoms with Gasteiger partial charge in [0.15, 0.2) is 0 Å². The van der Waals surface area contributed by atoms with Gasteiger partial charge in [-0.05, 0) is 17.5 Å². The van der Waals surface area contributed by atoms with Crippen molar-refractivity contribution >= 4 is 11.8 Å². The maximum absolute atomic E-state index is 12.4. The van der Waals surface area contributed by atoms with Crippen LogP contribution in [0.25, 0.3) is 0 Å². The Kier molecular flexibility index (Phi) is 4.14. The smallest absolute Gasteiger partial charge is 0.246 e. The summed E-state index contributed by atoms with van der Waals surface area (Å²) in [7, 11) is 0. The zero-order valence-electron chi connectivity index (χ0n) is 11.3. The third-order valence-corrected chi connectivity index (χ3v) is 3.54. The lowest BCUT2D eigenvalue weighted by Crippen LogP contribution is -2.59. The number of hydrogen-bond acceptors (Lipinski definition) is 3. The summed E-state index contributed by atoms with van der Waals surface area (Å²) in [6.45, 7) is 4.56. The highest BCUT2D eigenvalue weighted by Crippen LogP contribution is 2.16. The molecule has 0 radical (unpaired) electrons. The molecule has 5 heteroatoms. The number of nitrogens with one attached hydrogen (secondary N) is 1. The molecule has 102 valence electrons. The molecule has 0 bridgehead atoms. The number of rotatable bonds is 4. The van der Waals surface area contributed by atoms with E-state index < -0.39 is 6.04 Å². The van der Waals surface area contributed by atoms with Crippen LogP contribution in [0.1, 0.15) is 25.8 Å². The van der Waals surface area contributed by atoms with E-state index in [0.717, 1.165) is 12.0 Å². The molecular weight excluding hydrogens is 242 g/mol. The Bertz CT molecular complexity index is 461. The van der Waals surface area contributed by atoms with Crippen molar-refractivity contribution < 1.29 is 9.59 Å². The van der Waals surface area contributed by atoms with Gasteiger partial charge < -0.3 is 10.2 Å². The highest BCUT2D eigenvalue weighted by Gasteiger charge is 2.35. The van der Waals surface area contributed by atoms with Crippen LogP contribution in [0.15, 0.2) is 24.5 Å². The molecule has 1 aromatic heterocycles. The van der Waals surface area contributed by atoms with E-state index in [1.54, 1.807) is 17.3 Å². The molecular formula is C14H19N3O2. The van der Waals surface area contributed by atoms with Crippen LogP contribution in [-0.2, 0) is 16.1 Å². The van der Waals surface area contributed by atoms with Crippen LogP contribution in [0.2, 0.25) is 0 Å². The lowest BCUT2D eigenvalue weighted by Gasteiger charge is -2.35. The molecule has 0 aromatic carbocycles. The second-order valence-corrected chi connectivity index (χ2v) is 4.99. The number of aromatic nitrogens is 1. The molecule has 1 aromatic rings. The maximum atomic E-state index is 12.4. The second kappa shape index (κ2) is 5.82. The van der Waals surface area contributed by atoms with Crippen LogP contribution in [0, 0.1) is 5.92 Å². The fourth-order valence-corrected chi connectivity index (χ4v) is 2.20. The van der Waals surface area contributed by atoms with Crippen LogP contribution in [0.3, 0.4) is 0 Å². The highest BCUT2D eigenvalue weighted by molar-refractivity contribution is 5.94. The summed E-state index contributed by atoms with van der Waals surface area (Å²) >= 11 is 0. The zero-order chi connectivity index (χ0) is 13.8. The fraction of sp³-hybridized carbons (Fsp3) is 0.500. The van der Waals surface area contributed by atoms with Crippen molar-refractivity contribution in [3.63, 3.8) is 0 Å². The number of pyridine rings is 1. The minimum absolute atomic E-state index is 0.00203. The van der Waals surface area contributed by atoms with Crippen molar-refractivity contribution in [3.8, 4) is 0 Å². The molecule has 5 nitrogen and oxygen atoms in total. The fourth-order valence-electron chi connectivity index (χ4n) is 2.20. The van der Waals surface area contributed by atoms with Gasteiger partial charge in [-0.3, -0.25) is 14.6 Å². The van der Waals surface area contributed by atoms with Crippen molar-refractivity contribution in [1.29, 1.82) is 0 Å². The van der Waals surface area contributed by atoms with Crippen molar-refractivity contribution in [3.05, 3.63) is 30.1 Å². The van der Waals surface area contributed by atoms with Crippen molar-refractivity contribution in [2.24, 2.45) is 5.92 Å². The number of carbonyl (C=O) groups excluding carboxylic acids is 2. The average Bonchev–Trinajstić information content (AvgIpc) is 2.42. The minimum Gasteiger partial charge on any atom is -0.342 e. The van der Waals surface area contributed by atoms with E-state index in [4.69, 9.17) is 0 Å². The molecule has 2 rings (SSSR count). The van der Waals surface area contributed by atoms with Crippen LogP contribution >= 0.6 is 0 Å². The predicted octanol–water partition coefficient (Wildman–Crippen LogP) is 0.955. The summed E-state index contributed by atoms with van der Waals surface area (Å²) in [4.78, 5) is 29.7. The Balaban J connectivity index is 2.11. The molecule has 1 aliphatic rings. The summed E-state index contributed by atoms with van der Waals surface area (Å²) < 4.78 is 0. The molecule has 2 unspecified atom stereocenters. The van der Waals surface area contributed by atoms with Gasteiger partial charge in [0.2, 0.25) is 11.8 Å². The van der Waals surface area contributed by atoms with Gasteiger partial charge in [0.05, 0.1) is 6.54 Å². The Labute approximate surface area is 113 Å². The zero-order valence-corrected chi connectivity index (χ0v) is 11.3. The number of hydrogen-bond donors (Lipinski definition) is 1. The summed E-state index contributed by atoms with van der Waals surface area (Å²) in [5.74, 6) is 0.0553. The second-order valence-electron chi connectivity index (χ2n) is 4.99. The first kappa shape index (κ1) is 13.5. The van der Waals surface area contributed by atoms with E-state index in [1.165, 1.54) is 0 Å². The van der Waals surface area contributed by atoms with E-state index in [2.05, 4.69) is 10.3 Å². The minimum atomic E-state index is -0.400. The Morgan fingerprint density at radius 3 is 2.95 bits per heavy atom. The largest absolute Gasteiger partial charge is 0.342 e. The maximum Gasteiger partial charge on any atom is 0.246 e. The summed E-state index contributed by atoms with van der Waals surface area (Å²) in [6, 6.07) is 3.34. The molecule has 1 fully saturated rings. The Hall–Kier alpha value is -1.91. The lowest BCUT2D eigenvalue weighted by atomic mass is 9.96. The third kappa shape index (κ3) is 3.10. The first-order chi connectivity index (χ1) is 9.11. The van der Waals surface area contributed by atoms with Gasteiger partial charge in [-0.15, -0.1) is 0 Å². The summed E-state index contributed by atoms with van der Waals surface area (Å²) in [5.41, 5.74) is 0.938. The molecule has 1 N–H and O–H groups in total. The van der Waals surface area contributed by atoms with Crippen molar-refractivity contribution in [2.75, 3.05) is 6.54 Å². The predicted molar refractivity (Wildman–Crippen MR) is 71.0 cm³/mol. The van der Waals surface area contributed by atoms with Gasteiger partial charge in [0, 0.05) is 18.9 Å². The highest BCUT2D eigenvalue weighted by atomic mass is 16.2. The Morgan fingerprint density at radius 1 is 1.53 bits per heavy atom. The third-order valence-electron chi connectivity index (χ3n) is 3.54. The van der Waals surface area contributed by atoms with E-state index in [1.807, 2.05) is 26.0 Å². The van der Waals surface area contributed by atoms with E-state index in [9.17, 15) is 9.59 Å². The van der Waals surface area contributed by atoms with Gasteiger partial charge in [-0.1, -0.05) is 26.3 Å². The van der Waals surface area contributed by atoms with Crippen LogP contribution in [0.4, 0.5) is 0 Å². The molecule has 1 aliphatic heterocycles. The molecule has 2 heterocycles. The van der Waals surface area contributed by atoms with Gasteiger partial charge in [0.25, 0.3) is 0 Å². The van der Waals surface area contributed by atoms with Crippen LogP contribution in [0.5, 0.6) is 0 Å². The quantitative estimate of drug-likeness (QED) is 0.878. The standard InChI is InChI=1S/C14H19N3O2/c1-3-10(2)13-14(19)17(9-12(18)16-13)8-11-5-4-6-15-7-11/h4-7,10,13H,3,8-9H2,1-2H3,(H,16,18). The van der Waals surface area contributed by atoms with Gasteiger partial charge in [-0.25, -0.2) is 0 Å². The normalized spacial score (nSPS) is 21.2. The summed E-state index contributed by atoms with van der Waals surface area (Å²) in [6.07, 6.45) is 4.27. The number of piperazine rings is 1. The number of amides is 2. The van der Waals surface area contributed by atoms with E-state index in [-0.39, 0.29) is 24.3 Å². The molecule has 0 aliphatic carbocycles. The molecule has 2 amide bonds. The number of carbonyl (C=O) groups is 2. The molecule has 19 heavy (non-hydrogen) atoms. The van der Waals surface area contributed by atoms with Crippen LogP contribution < -0.4 is 5.32 Å². The van der Waals surface area contributed by atoms with E-state index >= 15 is 0 Å². The lowest BCUT2D eigenvalue weighted by molar-refractivity contribution is -0.146. The summed E-state index contributed by atoms with van der Waals surface area (Å²) in [5, 5.41) is 2.79. The molecule has 0 saturated carbocycles. The SMILES string of the molecule is CCC(C)C1NC(=O)CN(Cc2cccnc2)C1=O. The van der Waals surface area contributed by atoms with Gasteiger partial charge in [-0.2, -0.15) is 0 Å². The molecule has 1 saturated heterocycles. The van der Waals surface area contributed by atoms with E-state index in [0.29, 0.717) is 6.54 Å². The molecule has 2 atom stereocenters. The van der Waals surface area contributed by atoms with Crippen LogP contribution in [-0.4, -0.2) is 34.3 Å². The average molecular weight is 261 g/mol. The molecule has 0 spiro atoms. The first-order valence-corrected chi connectivity index (χ1v) is 6.59. The topological polar surface area (TPSA) is 62.3 Å². The van der Waals surface area contributed by atoms with Gasteiger partial charge in [0.1, 0.15) is 6.04 Å².